The van der Waals surface area contributed by atoms with E-state index in [1.165, 1.54) is 11.0 Å². The van der Waals surface area contributed by atoms with Crippen LogP contribution in [-0.2, 0) is 9.59 Å². The highest BCUT2D eigenvalue weighted by molar-refractivity contribution is 6.39. The quantitative estimate of drug-likeness (QED) is 0.853. The second-order valence-corrected chi connectivity index (χ2v) is 5.26. The third kappa shape index (κ3) is 3.56. The van der Waals surface area contributed by atoms with Crippen LogP contribution in [0.4, 0.5) is 14.5 Å². The van der Waals surface area contributed by atoms with Crippen LogP contribution in [0, 0.1) is 11.6 Å². The zero-order chi connectivity index (χ0) is 15.4. The minimum atomic E-state index is -1.02. The predicted molar refractivity (Wildman–Crippen MR) is 74.6 cm³/mol. The van der Waals surface area contributed by atoms with Gasteiger partial charge in [0, 0.05) is 13.1 Å². The summed E-state index contributed by atoms with van der Waals surface area (Å²) in [7, 11) is 1.55. The fourth-order valence-corrected chi connectivity index (χ4v) is 2.58. The lowest BCUT2D eigenvalue weighted by Gasteiger charge is -2.30. The number of carbonyl (C=O) groups excluding carboxylic acids is 2. The van der Waals surface area contributed by atoms with E-state index in [4.69, 9.17) is 0 Å². The van der Waals surface area contributed by atoms with Crippen LogP contribution < -0.4 is 5.32 Å². The summed E-state index contributed by atoms with van der Waals surface area (Å²) in [6, 6.07) is 3.25. The molecule has 2 amide bonds. The third-order valence-electron chi connectivity index (χ3n) is 3.84. The van der Waals surface area contributed by atoms with Gasteiger partial charge in [0.25, 0.3) is 0 Å². The summed E-state index contributed by atoms with van der Waals surface area (Å²) in [5.41, 5.74) is -0.590. The van der Waals surface area contributed by atoms with Gasteiger partial charge in [-0.2, -0.15) is 0 Å². The summed E-state index contributed by atoms with van der Waals surface area (Å²) in [5.74, 6) is -3.61. The molecule has 4 nitrogen and oxygen atoms in total. The average Bonchev–Trinajstić information content (AvgIpc) is 2.50. The number of halogens is 2. The largest absolute Gasteiger partial charge is 0.335 e. The molecule has 0 unspecified atom stereocenters. The van der Waals surface area contributed by atoms with E-state index in [0.717, 1.165) is 44.2 Å². The Bertz CT molecular complexity index is 522. The van der Waals surface area contributed by atoms with E-state index in [0.29, 0.717) is 0 Å². The molecule has 1 fully saturated rings. The van der Waals surface area contributed by atoms with Crippen molar-refractivity contribution < 1.29 is 18.4 Å². The number of para-hydroxylation sites is 1. The number of rotatable bonds is 2. The minimum absolute atomic E-state index is 0.0162. The van der Waals surface area contributed by atoms with Gasteiger partial charge in [0.2, 0.25) is 0 Å². The zero-order valence-corrected chi connectivity index (χ0v) is 11.9. The van der Waals surface area contributed by atoms with Crippen molar-refractivity contribution in [1.29, 1.82) is 0 Å². The molecule has 0 atom stereocenters. The van der Waals surface area contributed by atoms with Crippen LogP contribution >= 0.6 is 0 Å². The number of nitrogens with zero attached hydrogens (tertiary/aromatic N) is 1. The highest BCUT2D eigenvalue weighted by atomic mass is 19.1. The molecule has 1 N–H and O–H groups in total. The number of hydrogen-bond donors (Lipinski definition) is 1. The molecular weight excluding hydrogens is 278 g/mol. The van der Waals surface area contributed by atoms with Gasteiger partial charge in [0.15, 0.2) is 0 Å². The van der Waals surface area contributed by atoms with Crippen molar-refractivity contribution in [2.75, 3.05) is 12.4 Å². The average molecular weight is 296 g/mol. The Labute approximate surface area is 122 Å². The molecule has 0 heterocycles. The number of carbonyl (C=O) groups is 2. The number of anilines is 1. The van der Waals surface area contributed by atoms with Gasteiger partial charge in [-0.15, -0.1) is 0 Å². The van der Waals surface area contributed by atoms with Gasteiger partial charge in [0.05, 0.1) is 0 Å². The van der Waals surface area contributed by atoms with Crippen LogP contribution in [0.2, 0.25) is 0 Å². The van der Waals surface area contributed by atoms with Crippen molar-refractivity contribution in [3.05, 3.63) is 29.8 Å². The van der Waals surface area contributed by atoms with Crippen molar-refractivity contribution >= 4 is 17.5 Å². The van der Waals surface area contributed by atoms with Crippen LogP contribution in [0.3, 0.4) is 0 Å². The van der Waals surface area contributed by atoms with Gasteiger partial charge in [-0.25, -0.2) is 8.78 Å². The van der Waals surface area contributed by atoms with E-state index in [9.17, 15) is 18.4 Å². The first kappa shape index (κ1) is 15.4. The van der Waals surface area contributed by atoms with Crippen molar-refractivity contribution in [3.8, 4) is 0 Å². The van der Waals surface area contributed by atoms with Crippen molar-refractivity contribution in [2.45, 2.75) is 38.1 Å². The third-order valence-corrected chi connectivity index (χ3v) is 3.84. The lowest BCUT2D eigenvalue weighted by molar-refractivity contribution is -0.144. The van der Waals surface area contributed by atoms with Crippen LogP contribution in [0.1, 0.15) is 32.1 Å². The summed E-state index contributed by atoms with van der Waals surface area (Å²) in [5, 5.41) is 2.02. The summed E-state index contributed by atoms with van der Waals surface area (Å²) in [6.45, 7) is 0. The van der Waals surface area contributed by atoms with E-state index in [1.807, 2.05) is 5.32 Å². The monoisotopic (exact) mass is 296 g/mol. The molecule has 6 heteroatoms. The Morgan fingerprint density at radius 1 is 1.14 bits per heavy atom. The smallest absolute Gasteiger partial charge is 0.314 e. The molecule has 21 heavy (non-hydrogen) atoms. The Morgan fingerprint density at radius 3 is 2.29 bits per heavy atom. The molecule has 0 saturated heterocycles. The number of hydrogen-bond acceptors (Lipinski definition) is 2. The molecule has 0 aromatic heterocycles. The summed E-state index contributed by atoms with van der Waals surface area (Å²) < 4.78 is 26.9. The Hall–Kier alpha value is -1.98. The van der Waals surface area contributed by atoms with E-state index in [2.05, 4.69) is 0 Å². The predicted octanol–water partition coefficient (Wildman–Crippen LogP) is 2.69. The molecule has 114 valence electrons. The van der Waals surface area contributed by atoms with Crippen LogP contribution in [0.5, 0.6) is 0 Å². The maximum Gasteiger partial charge on any atom is 0.314 e. The maximum absolute atomic E-state index is 13.5. The molecule has 0 bridgehead atoms. The minimum Gasteiger partial charge on any atom is -0.335 e. The zero-order valence-electron chi connectivity index (χ0n) is 11.9. The maximum atomic E-state index is 13.5. The van der Waals surface area contributed by atoms with Crippen LogP contribution in [-0.4, -0.2) is 29.8 Å². The molecule has 1 aromatic carbocycles. The Kier molecular flexibility index (Phi) is 4.88. The van der Waals surface area contributed by atoms with Gasteiger partial charge in [0.1, 0.15) is 17.3 Å². The molecule has 0 radical (unpaired) electrons. The first-order valence-electron chi connectivity index (χ1n) is 7.03. The standard InChI is InChI=1S/C15H18F2N2O2/c1-19(10-6-3-2-4-7-10)15(21)14(20)18-13-11(16)8-5-9-12(13)17/h5,8-10H,2-4,6-7H2,1H3,(H,18,20). The van der Waals surface area contributed by atoms with E-state index in [1.54, 1.807) is 7.05 Å². The fraction of sp³-hybridized carbons (Fsp3) is 0.467. The van der Waals surface area contributed by atoms with E-state index >= 15 is 0 Å². The van der Waals surface area contributed by atoms with E-state index in [-0.39, 0.29) is 6.04 Å². The van der Waals surface area contributed by atoms with Gasteiger partial charge in [-0.3, -0.25) is 9.59 Å². The second kappa shape index (κ2) is 6.65. The summed E-state index contributed by atoms with van der Waals surface area (Å²) in [6.07, 6.45) is 4.87. The first-order chi connectivity index (χ1) is 10.0. The molecule has 2 rings (SSSR count). The van der Waals surface area contributed by atoms with Crippen LogP contribution in [0.15, 0.2) is 18.2 Å². The van der Waals surface area contributed by atoms with Gasteiger partial charge >= 0.3 is 11.8 Å². The van der Waals surface area contributed by atoms with Gasteiger partial charge < -0.3 is 10.2 Å². The number of amides is 2. The Balaban J connectivity index is 2.04. The highest BCUT2D eigenvalue weighted by Gasteiger charge is 2.27. The number of benzene rings is 1. The number of nitrogens with one attached hydrogen (secondary N) is 1. The van der Waals surface area contributed by atoms with Gasteiger partial charge in [-0.1, -0.05) is 25.3 Å². The second-order valence-electron chi connectivity index (χ2n) is 5.26. The lowest BCUT2D eigenvalue weighted by Crippen LogP contribution is -2.44. The van der Waals surface area contributed by atoms with Crippen molar-refractivity contribution in [3.63, 3.8) is 0 Å². The number of likely N-dealkylation sites (N-methyl/N-ethyl adjacent to an activating group) is 1. The molecule has 1 aromatic rings. The summed E-state index contributed by atoms with van der Waals surface area (Å²) in [4.78, 5) is 25.3. The first-order valence-corrected chi connectivity index (χ1v) is 7.03. The summed E-state index contributed by atoms with van der Waals surface area (Å²) >= 11 is 0. The Morgan fingerprint density at radius 2 is 1.71 bits per heavy atom. The molecule has 0 spiro atoms. The van der Waals surface area contributed by atoms with Crippen molar-refractivity contribution in [2.24, 2.45) is 0 Å². The molecule has 1 aliphatic carbocycles. The molecule has 1 saturated carbocycles. The van der Waals surface area contributed by atoms with Crippen molar-refractivity contribution in [1.82, 2.24) is 4.90 Å². The molecule has 1 aliphatic rings. The van der Waals surface area contributed by atoms with Crippen LogP contribution in [0.25, 0.3) is 0 Å². The molecule has 0 aliphatic heterocycles. The van der Waals surface area contributed by atoms with E-state index < -0.39 is 29.1 Å². The topological polar surface area (TPSA) is 49.4 Å². The molecular formula is C15H18F2N2O2. The highest BCUT2D eigenvalue weighted by Crippen LogP contribution is 2.22. The SMILES string of the molecule is CN(C(=O)C(=O)Nc1c(F)cccc1F)C1CCCCC1. The normalized spacial score (nSPS) is 15.6. The van der Waals surface area contributed by atoms with Gasteiger partial charge in [-0.05, 0) is 25.0 Å². The fourth-order valence-electron chi connectivity index (χ4n) is 2.58. The lowest BCUT2D eigenvalue weighted by atomic mass is 9.94.